The minimum absolute atomic E-state index is 0.783. The second-order valence-electron chi connectivity index (χ2n) is 3.39. The van der Waals surface area contributed by atoms with E-state index in [9.17, 15) is 0 Å². The minimum atomic E-state index is 0.783. The summed E-state index contributed by atoms with van der Waals surface area (Å²) in [6, 6.07) is 12.0. The fraction of sp³-hybridized carbons (Fsp3) is 0.154. The number of ether oxygens (including phenoxy) is 1. The third kappa shape index (κ3) is 2.25. The molecule has 0 spiro atoms. The molecule has 0 bridgehead atoms. The van der Waals surface area contributed by atoms with Crippen LogP contribution in [-0.2, 0) is 5.33 Å². The Morgan fingerprint density at radius 1 is 1.25 bits per heavy atom. The molecule has 0 N–H and O–H groups in total. The lowest BCUT2D eigenvalue weighted by molar-refractivity contribution is 0.414. The maximum absolute atomic E-state index is 5.36. The van der Waals surface area contributed by atoms with Crippen molar-refractivity contribution in [2.24, 2.45) is 0 Å². The molecule has 2 nitrogen and oxygen atoms in total. The molecule has 16 heavy (non-hydrogen) atoms. The van der Waals surface area contributed by atoms with E-state index in [-0.39, 0.29) is 0 Å². The molecule has 0 saturated carbocycles. The van der Waals surface area contributed by atoms with Crippen molar-refractivity contribution in [2.75, 3.05) is 7.11 Å². The first-order chi connectivity index (χ1) is 7.85. The Bertz CT molecular complexity index is 471. The number of hydrogen-bond acceptors (Lipinski definition) is 2. The van der Waals surface area contributed by atoms with Gasteiger partial charge in [0, 0.05) is 17.1 Å². The molecule has 0 aliphatic heterocycles. The number of halogens is 1. The Kier molecular flexibility index (Phi) is 3.57. The van der Waals surface area contributed by atoms with Gasteiger partial charge in [0.05, 0.1) is 7.11 Å². The number of methoxy groups -OCH3 is 1. The predicted molar refractivity (Wildman–Crippen MR) is 68.9 cm³/mol. The van der Waals surface area contributed by atoms with E-state index in [1.54, 1.807) is 7.11 Å². The molecule has 2 rings (SSSR count). The highest BCUT2D eigenvalue weighted by atomic mass is 79.9. The normalized spacial score (nSPS) is 10.1. The van der Waals surface area contributed by atoms with E-state index in [1.807, 2.05) is 42.6 Å². The van der Waals surface area contributed by atoms with Crippen LogP contribution in [0.5, 0.6) is 5.75 Å². The third-order valence-corrected chi connectivity index (χ3v) is 2.98. The summed E-state index contributed by atoms with van der Waals surface area (Å²) in [5.74, 6) is 0.808. The van der Waals surface area contributed by atoms with Crippen molar-refractivity contribution < 1.29 is 4.74 Å². The van der Waals surface area contributed by atoms with E-state index < -0.39 is 0 Å². The lowest BCUT2D eigenvalue weighted by atomic mass is 10.1. The van der Waals surface area contributed by atoms with Gasteiger partial charge in [-0.1, -0.05) is 46.3 Å². The van der Waals surface area contributed by atoms with Crippen LogP contribution in [0.1, 0.15) is 5.56 Å². The van der Waals surface area contributed by atoms with E-state index in [0.29, 0.717) is 0 Å². The summed E-state index contributed by atoms with van der Waals surface area (Å²) in [4.78, 5) is 4.44. The van der Waals surface area contributed by atoms with Crippen LogP contribution in [0.15, 0.2) is 42.6 Å². The topological polar surface area (TPSA) is 22.1 Å². The molecular formula is C13H12BrNO. The molecule has 0 unspecified atom stereocenters. The van der Waals surface area contributed by atoms with Crippen molar-refractivity contribution in [3.63, 3.8) is 0 Å². The smallest absolute Gasteiger partial charge is 0.145 e. The number of rotatable bonds is 3. The van der Waals surface area contributed by atoms with E-state index in [4.69, 9.17) is 4.74 Å². The van der Waals surface area contributed by atoms with Crippen LogP contribution in [-0.4, -0.2) is 12.1 Å². The van der Waals surface area contributed by atoms with Crippen molar-refractivity contribution in [1.82, 2.24) is 4.98 Å². The summed E-state index contributed by atoms with van der Waals surface area (Å²) in [5.41, 5.74) is 3.06. The molecule has 0 aliphatic rings. The number of alkyl halides is 1. The van der Waals surface area contributed by atoms with Gasteiger partial charge < -0.3 is 4.74 Å². The maximum Gasteiger partial charge on any atom is 0.145 e. The van der Waals surface area contributed by atoms with Gasteiger partial charge in [0.25, 0.3) is 0 Å². The molecule has 1 aromatic heterocycles. The number of hydrogen-bond donors (Lipinski definition) is 0. The molecule has 82 valence electrons. The van der Waals surface area contributed by atoms with E-state index in [1.165, 1.54) is 0 Å². The van der Waals surface area contributed by atoms with Crippen LogP contribution < -0.4 is 4.74 Å². The maximum atomic E-state index is 5.36. The monoisotopic (exact) mass is 277 g/mol. The van der Waals surface area contributed by atoms with Crippen molar-refractivity contribution in [2.45, 2.75) is 5.33 Å². The van der Waals surface area contributed by atoms with E-state index in [0.717, 1.165) is 27.9 Å². The zero-order chi connectivity index (χ0) is 11.4. The van der Waals surface area contributed by atoms with Gasteiger partial charge in [0.15, 0.2) is 0 Å². The third-order valence-electron chi connectivity index (χ3n) is 2.33. The summed E-state index contributed by atoms with van der Waals surface area (Å²) in [6.45, 7) is 0. The first-order valence-electron chi connectivity index (χ1n) is 4.99. The number of benzene rings is 1. The average molecular weight is 278 g/mol. The van der Waals surface area contributed by atoms with E-state index >= 15 is 0 Å². The first kappa shape index (κ1) is 11.1. The number of nitrogens with zero attached hydrogens (tertiary/aromatic N) is 1. The average Bonchev–Trinajstić information content (AvgIpc) is 2.39. The highest BCUT2D eigenvalue weighted by Crippen LogP contribution is 2.28. The molecular weight excluding hydrogens is 266 g/mol. The van der Waals surface area contributed by atoms with Gasteiger partial charge in [0.2, 0.25) is 0 Å². The van der Waals surface area contributed by atoms with Gasteiger partial charge in [0.1, 0.15) is 11.4 Å². The minimum Gasteiger partial charge on any atom is -0.494 e. The van der Waals surface area contributed by atoms with Gasteiger partial charge in [-0.2, -0.15) is 0 Å². The van der Waals surface area contributed by atoms with Gasteiger partial charge in [-0.3, -0.25) is 4.98 Å². The van der Waals surface area contributed by atoms with Crippen molar-refractivity contribution in [3.05, 3.63) is 48.2 Å². The Labute approximate surface area is 103 Å². The van der Waals surface area contributed by atoms with E-state index in [2.05, 4.69) is 20.9 Å². The predicted octanol–water partition coefficient (Wildman–Crippen LogP) is 3.65. The fourth-order valence-corrected chi connectivity index (χ4v) is 1.83. The summed E-state index contributed by atoms with van der Waals surface area (Å²) in [6.07, 6.45) is 1.86. The summed E-state index contributed by atoms with van der Waals surface area (Å²) in [5, 5.41) is 0.783. The van der Waals surface area contributed by atoms with Crippen LogP contribution in [0, 0.1) is 0 Å². The lowest BCUT2D eigenvalue weighted by Gasteiger charge is -2.08. The first-order valence-corrected chi connectivity index (χ1v) is 6.11. The standard InChI is InChI=1S/C13H12BrNO/c1-16-12-7-10(8-14)9-15-13(12)11-5-3-2-4-6-11/h2-7,9H,8H2,1H3. The van der Waals surface area contributed by atoms with Crippen LogP contribution in [0.25, 0.3) is 11.3 Å². The molecule has 1 heterocycles. The molecule has 0 amide bonds. The van der Waals surface area contributed by atoms with Crippen LogP contribution >= 0.6 is 15.9 Å². The second kappa shape index (κ2) is 5.12. The van der Waals surface area contributed by atoms with Gasteiger partial charge in [-0.05, 0) is 11.6 Å². The fourth-order valence-electron chi connectivity index (χ4n) is 1.53. The highest BCUT2D eigenvalue weighted by molar-refractivity contribution is 9.08. The summed E-state index contributed by atoms with van der Waals surface area (Å²) in [7, 11) is 1.67. The van der Waals surface area contributed by atoms with Gasteiger partial charge >= 0.3 is 0 Å². The molecule has 0 fully saturated rings. The Balaban J connectivity index is 2.49. The van der Waals surface area contributed by atoms with Crippen molar-refractivity contribution in [3.8, 4) is 17.0 Å². The largest absolute Gasteiger partial charge is 0.494 e. The Morgan fingerprint density at radius 3 is 2.62 bits per heavy atom. The molecule has 0 radical (unpaired) electrons. The molecule has 2 aromatic rings. The van der Waals surface area contributed by atoms with Gasteiger partial charge in [-0.15, -0.1) is 0 Å². The SMILES string of the molecule is COc1cc(CBr)cnc1-c1ccccc1. The molecule has 1 aromatic carbocycles. The number of aromatic nitrogens is 1. The van der Waals surface area contributed by atoms with Crippen molar-refractivity contribution in [1.29, 1.82) is 0 Å². The van der Waals surface area contributed by atoms with Crippen LogP contribution in [0.3, 0.4) is 0 Å². The lowest BCUT2D eigenvalue weighted by Crippen LogP contribution is -1.93. The second-order valence-corrected chi connectivity index (χ2v) is 3.95. The Morgan fingerprint density at radius 2 is 2.00 bits per heavy atom. The van der Waals surface area contributed by atoms with Crippen LogP contribution in [0.4, 0.5) is 0 Å². The quantitative estimate of drug-likeness (QED) is 0.799. The molecule has 0 aliphatic carbocycles. The highest BCUT2D eigenvalue weighted by Gasteiger charge is 2.07. The number of pyridine rings is 1. The summed E-state index contributed by atoms with van der Waals surface area (Å²) >= 11 is 3.41. The molecule has 3 heteroatoms. The Hall–Kier alpha value is -1.35. The molecule has 0 saturated heterocycles. The van der Waals surface area contributed by atoms with Gasteiger partial charge in [-0.25, -0.2) is 0 Å². The zero-order valence-electron chi connectivity index (χ0n) is 8.98. The van der Waals surface area contributed by atoms with Crippen molar-refractivity contribution >= 4 is 15.9 Å². The van der Waals surface area contributed by atoms with Crippen LogP contribution in [0.2, 0.25) is 0 Å². The zero-order valence-corrected chi connectivity index (χ0v) is 10.6. The molecule has 0 atom stereocenters. The summed E-state index contributed by atoms with van der Waals surface area (Å²) < 4.78 is 5.36.